The van der Waals surface area contributed by atoms with Crippen molar-refractivity contribution >= 4 is 28.6 Å². The van der Waals surface area contributed by atoms with Gasteiger partial charge in [0.2, 0.25) is 5.91 Å². The molecular weight excluding hydrogens is 417 g/mol. The second kappa shape index (κ2) is 9.13. The van der Waals surface area contributed by atoms with Crippen LogP contribution in [-0.4, -0.2) is 38.7 Å². The zero-order valence-electron chi connectivity index (χ0n) is 17.0. The number of amides is 1. The molecule has 2 heterocycles. The van der Waals surface area contributed by atoms with Gasteiger partial charge >= 0.3 is 0 Å². The first-order chi connectivity index (χ1) is 15.1. The Labute approximate surface area is 182 Å². The summed E-state index contributed by atoms with van der Waals surface area (Å²) in [5.41, 5.74) is 3.12. The summed E-state index contributed by atoms with van der Waals surface area (Å²) in [6.07, 6.45) is 1.74. The lowest BCUT2D eigenvalue weighted by molar-refractivity contribution is -0.118. The molecule has 4 rings (SSSR count). The third-order valence-electron chi connectivity index (χ3n) is 4.71. The van der Waals surface area contributed by atoms with Gasteiger partial charge in [-0.25, -0.2) is 9.07 Å². The van der Waals surface area contributed by atoms with Crippen LogP contribution >= 0.6 is 11.8 Å². The number of aryl methyl sites for hydroxylation is 1. The lowest BCUT2D eigenvalue weighted by Gasteiger charge is -2.11. The van der Waals surface area contributed by atoms with Gasteiger partial charge in [-0.1, -0.05) is 36.0 Å². The first-order valence-electron chi connectivity index (χ1n) is 9.55. The van der Waals surface area contributed by atoms with E-state index in [2.05, 4.69) is 20.6 Å². The number of ether oxygens (including phenoxy) is 1. The highest BCUT2D eigenvalue weighted by molar-refractivity contribution is 8.00. The van der Waals surface area contributed by atoms with Crippen molar-refractivity contribution < 1.29 is 13.9 Å². The highest BCUT2D eigenvalue weighted by atomic mass is 32.2. The topological polar surface area (TPSA) is 81.9 Å². The van der Waals surface area contributed by atoms with Gasteiger partial charge in [-0.3, -0.25) is 4.79 Å². The third-order valence-corrected chi connectivity index (χ3v) is 5.66. The van der Waals surface area contributed by atoms with Crippen LogP contribution in [-0.2, 0) is 11.3 Å². The molecule has 0 atom stereocenters. The number of para-hydroxylation sites is 2. The molecule has 0 radical (unpaired) electrons. The number of halogens is 1. The van der Waals surface area contributed by atoms with Crippen molar-refractivity contribution in [1.29, 1.82) is 0 Å². The van der Waals surface area contributed by atoms with Crippen molar-refractivity contribution in [3.8, 4) is 11.4 Å². The van der Waals surface area contributed by atoms with Crippen molar-refractivity contribution in [2.24, 2.45) is 0 Å². The van der Waals surface area contributed by atoms with Gasteiger partial charge in [0.15, 0.2) is 0 Å². The molecule has 7 nitrogen and oxygen atoms in total. The van der Waals surface area contributed by atoms with Crippen molar-refractivity contribution in [3.63, 3.8) is 0 Å². The van der Waals surface area contributed by atoms with E-state index in [4.69, 9.17) is 4.74 Å². The van der Waals surface area contributed by atoms with Gasteiger partial charge in [0.25, 0.3) is 0 Å². The average molecular weight is 438 g/mol. The fourth-order valence-electron chi connectivity index (χ4n) is 3.11. The van der Waals surface area contributed by atoms with Crippen LogP contribution in [0.4, 0.5) is 4.39 Å². The van der Waals surface area contributed by atoms with Gasteiger partial charge in [0.05, 0.1) is 24.8 Å². The summed E-state index contributed by atoms with van der Waals surface area (Å²) in [7, 11) is 1.61. The monoisotopic (exact) mass is 437 g/mol. The Morgan fingerprint density at radius 2 is 1.94 bits per heavy atom. The molecule has 0 spiro atoms. The number of methoxy groups -OCH3 is 1. The van der Waals surface area contributed by atoms with Gasteiger partial charge in [-0.05, 0) is 36.8 Å². The van der Waals surface area contributed by atoms with E-state index in [9.17, 15) is 9.18 Å². The molecule has 2 aromatic heterocycles. The molecule has 0 bridgehead atoms. The van der Waals surface area contributed by atoms with E-state index in [0.29, 0.717) is 17.3 Å². The summed E-state index contributed by atoms with van der Waals surface area (Å²) in [4.78, 5) is 12.4. The minimum Gasteiger partial charge on any atom is -0.494 e. The van der Waals surface area contributed by atoms with E-state index in [1.165, 1.54) is 23.9 Å². The standard InChI is InChI=1S/C22H20FN5O2S/c1-14-17-12-25-28(18-5-3-4-6-19(18)30-2)21(17)22(27-26-14)31-13-20(29)24-11-15-7-9-16(23)10-8-15/h3-10,12H,11,13H2,1-2H3,(H,24,29). The molecule has 0 aliphatic heterocycles. The van der Waals surface area contributed by atoms with Crippen LogP contribution < -0.4 is 10.1 Å². The van der Waals surface area contributed by atoms with Crippen molar-refractivity contribution in [1.82, 2.24) is 25.3 Å². The Kier molecular flexibility index (Phi) is 6.13. The van der Waals surface area contributed by atoms with Gasteiger partial charge < -0.3 is 10.1 Å². The zero-order chi connectivity index (χ0) is 21.8. The largest absolute Gasteiger partial charge is 0.494 e. The van der Waals surface area contributed by atoms with Crippen LogP contribution in [0.25, 0.3) is 16.6 Å². The summed E-state index contributed by atoms with van der Waals surface area (Å²) in [6.45, 7) is 2.20. The van der Waals surface area contributed by atoms with Crippen LogP contribution in [0.5, 0.6) is 5.75 Å². The second-order valence-corrected chi connectivity index (χ2v) is 7.74. The number of thioether (sulfide) groups is 1. The number of benzene rings is 2. The molecule has 1 N–H and O–H groups in total. The molecule has 0 unspecified atom stereocenters. The van der Waals surface area contributed by atoms with E-state index < -0.39 is 0 Å². The Morgan fingerprint density at radius 3 is 2.71 bits per heavy atom. The fourth-order valence-corrected chi connectivity index (χ4v) is 3.91. The van der Waals surface area contributed by atoms with Crippen LogP contribution in [0.3, 0.4) is 0 Å². The molecule has 9 heteroatoms. The number of aromatic nitrogens is 4. The first kappa shape index (κ1) is 20.8. The van der Waals surface area contributed by atoms with Crippen LogP contribution in [0.1, 0.15) is 11.3 Å². The number of nitrogens with zero attached hydrogens (tertiary/aromatic N) is 4. The smallest absolute Gasteiger partial charge is 0.230 e. The molecule has 0 saturated carbocycles. The molecule has 0 saturated heterocycles. The predicted octanol–water partition coefficient (Wildman–Crippen LogP) is 3.68. The van der Waals surface area contributed by atoms with E-state index in [-0.39, 0.29) is 17.5 Å². The summed E-state index contributed by atoms with van der Waals surface area (Å²) < 4.78 is 20.2. The number of nitrogens with one attached hydrogen (secondary N) is 1. The van der Waals surface area contributed by atoms with Gasteiger partial charge in [-0.15, -0.1) is 5.10 Å². The van der Waals surface area contributed by atoms with Crippen LogP contribution in [0, 0.1) is 12.7 Å². The number of hydrogen-bond acceptors (Lipinski definition) is 6. The van der Waals surface area contributed by atoms with E-state index >= 15 is 0 Å². The predicted molar refractivity (Wildman–Crippen MR) is 117 cm³/mol. The molecule has 4 aromatic rings. The van der Waals surface area contributed by atoms with Crippen molar-refractivity contribution in [2.45, 2.75) is 18.5 Å². The fraction of sp³-hybridized carbons (Fsp3) is 0.182. The molecule has 1 amide bonds. The molecule has 31 heavy (non-hydrogen) atoms. The van der Waals surface area contributed by atoms with E-state index in [1.807, 2.05) is 31.2 Å². The zero-order valence-corrected chi connectivity index (χ0v) is 17.8. The second-order valence-electron chi connectivity index (χ2n) is 6.77. The first-order valence-corrected chi connectivity index (χ1v) is 10.5. The number of rotatable bonds is 7. The summed E-state index contributed by atoms with van der Waals surface area (Å²) in [5.74, 6) is 0.368. The summed E-state index contributed by atoms with van der Waals surface area (Å²) in [6, 6.07) is 13.6. The van der Waals surface area contributed by atoms with Crippen LogP contribution in [0.2, 0.25) is 0 Å². The molecular formula is C22H20FN5O2S. The quantitative estimate of drug-likeness (QED) is 0.444. The molecule has 0 aliphatic carbocycles. The molecule has 0 fully saturated rings. The maximum Gasteiger partial charge on any atom is 0.230 e. The van der Waals surface area contributed by atoms with E-state index in [1.54, 1.807) is 30.1 Å². The SMILES string of the molecule is COc1ccccc1-n1ncc2c(C)nnc(SCC(=O)NCc3ccc(F)cc3)c21. The highest BCUT2D eigenvalue weighted by Crippen LogP contribution is 2.31. The normalized spacial score (nSPS) is 10.9. The Balaban J connectivity index is 1.55. The molecule has 0 aliphatic rings. The van der Waals surface area contributed by atoms with Crippen molar-refractivity contribution in [2.75, 3.05) is 12.9 Å². The lowest BCUT2D eigenvalue weighted by atomic mass is 10.2. The lowest BCUT2D eigenvalue weighted by Crippen LogP contribution is -2.24. The van der Waals surface area contributed by atoms with Crippen molar-refractivity contribution in [3.05, 3.63) is 71.8 Å². The number of hydrogen-bond donors (Lipinski definition) is 1. The summed E-state index contributed by atoms with van der Waals surface area (Å²) in [5, 5.41) is 17.3. The Bertz CT molecular complexity index is 1230. The number of fused-ring (bicyclic) bond motifs is 1. The van der Waals surface area contributed by atoms with Crippen LogP contribution in [0.15, 0.2) is 59.8 Å². The number of carbonyl (C=O) groups excluding carboxylic acids is 1. The Hall–Kier alpha value is -3.46. The Morgan fingerprint density at radius 1 is 1.16 bits per heavy atom. The maximum atomic E-state index is 13.0. The molecule has 158 valence electrons. The summed E-state index contributed by atoms with van der Waals surface area (Å²) >= 11 is 1.28. The van der Waals surface area contributed by atoms with Gasteiger partial charge in [0.1, 0.15) is 27.8 Å². The average Bonchev–Trinajstić information content (AvgIpc) is 3.24. The van der Waals surface area contributed by atoms with Gasteiger partial charge in [-0.2, -0.15) is 10.2 Å². The van der Waals surface area contributed by atoms with E-state index in [0.717, 1.165) is 27.8 Å². The highest BCUT2D eigenvalue weighted by Gasteiger charge is 2.18. The maximum absolute atomic E-state index is 13.0. The van der Waals surface area contributed by atoms with Gasteiger partial charge in [0, 0.05) is 11.9 Å². The minimum absolute atomic E-state index is 0.158. The third kappa shape index (κ3) is 4.51. The number of carbonyl (C=O) groups is 1. The minimum atomic E-state index is -0.306. The molecule has 2 aromatic carbocycles.